The van der Waals surface area contributed by atoms with Crippen LogP contribution in [0.3, 0.4) is 0 Å². The molecule has 1 heterocycles. The van der Waals surface area contributed by atoms with Gasteiger partial charge in [0.25, 0.3) is 5.91 Å². The van der Waals surface area contributed by atoms with E-state index in [4.69, 9.17) is 18.9 Å². The molecule has 1 aliphatic heterocycles. The lowest BCUT2D eigenvalue weighted by molar-refractivity contribution is -0.147. The molecule has 0 radical (unpaired) electrons. The number of nitrogens with one attached hydrogen (secondary N) is 2. The minimum Gasteiger partial charge on any atom is -0.456 e. The Morgan fingerprint density at radius 1 is 1.10 bits per heavy atom. The molecular weight excluding hydrogens is 384 g/mol. The monoisotopic (exact) mass is 408 g/mol. The molecular formula is C19H24N2O8. The lowest BCUT2D eigenvalue weighted by atomic mass is 10.1. The third kappa shape index (κ3) is 6.98. The van der Waals surface area contributed by atoms with Gasteiger partial charge in [0.15, 0.2) is 23.9 Å². The highest BCUT2D eigenvalue weighted by Crippen LogP contribution is 2.37. The van der Waals surface area contributed by atoms with Crippen LogP contribution in [0, 0.1) is 0 Å². The van der Waals surface area contributed by atoms with Crippen LogP contribution in [0.2, 0.25) is 0 Å². The number of alkyl carbamates (subject to hydrolysis) is 1. The van der Waals surface area contributed by atoms with Gasteiger partial charge < -0.3 is 29.6 Å². The molecule has 0 saturated heterocycles. The van der Waals surface area contributed by atoms with Gasteiger partial charge in [-0.15, -0.1) is 0 Å². The Kier molecular flexibility index (Phi) is 7.03. The first kappa shape index (κ1) is 22.0. The molecule has 2 amide bonds. The van der Waals surface area contributed by atoms with Gasteiger partial charge in [-0.05, 0) is 33.8 Å². The molecule has 29 heavy (non-hydrogen) atoms. The standard InChI is InChI=1S/C19H24N2O8/c1-11(22)12-7-14-15(28-10-27-14)8-13(12)21-16(23)9-26-17(24)5-6-20-18(25)29-19(2,3)4/h7-8H,5-6,9-10H2,1-4H3,(H,20,25)(H,21,23). The van der Waals surface area contributed by atoms with Crippen LogP contribution < -0.4 is 20.1 Å². The average molecular weight is 408 g/mol. The Hall–Kier alpha value is -3.30. The molecule has 0 aliphatic carbocycles. The quantitative estimate of drug-likeness (QED) is 0.518. The maximum atomic E-state index is 12.1. The van der Waals surface area contributed by atoms with Crippen molar-refractivity contribution in [2.75, 3.05) is 25.3 Å². The Morgan fingerprint density at radius 2 is 1.76 bits per heavy atom. The number of anilines is 1. The summed E-state index contributed by atoms with van der Waals surface area (Å²) in [6.07, 6.45) is -0.780. The van der Waals surface area contributed by atoms with E-state index in [1.807, 2.05) is 0 Å². The molecule has 0 saturated carbocycles. The molecule has 0 atom stereocenters. The summed E-state index contributed by atoms with van der Waals surface area (Å²) in [5.41, 5.74) is -0.166. The fraction of sp³-hybridized carbons (Fsp3) is 0.474. The molecule has 1 aromatic rings. The molecule has 0 spiro atoms. The van der Waals surface area contributed by atoms with Gasteiger partial charge in [0, 0.05) is 18.2 Å². The number of carbonyl (C=O) groups is 4. The van der Waals surface area contributed by atoms with E-state index < -0.39 is 30.2 Å². The van der Waals surface area contributed by atoms with Gasteiger partial charge in [-0.2, -0.15) is 0 Å². The maximum absolute atomic E-state index is 12.1. The fourth-order valence-electron chi connectivity index (χ4n) is 2.32. The van der Waals surface area contributed by atoms with Crippen molar-refractivity contribution in [2.24, 2.45) is 0 Å². The zero-order chi connectivity index (χ0) is 21.6. The number of rotatable bonds is 7. The molecule has 2 N–H and O–H groups in total. The summed E-state index contributed by atoms with van der Waals surface area (Å²) in [4.78, 5) is 47.1. The summed E-state index contributed by atoms with van der Waals surface area (Å²) in [7, 11) is 0. The van der Waals surface area contributed by atoms with Crippen LogP contribution in [0.1, 0.15) is 44.5 Å². The zero-order valence-electron chi connectivity index (χ0n) is 16.7. The van der Waals surface area contributed by atoms with E-state index in [2.05, 4.69) is 10.6 Å². The first-order chi connectivity index (χ1) is 13.5. The van der Waals surface area contributed by atoms with E-state index in [0.717, 1.165) is 0 Å². The number of ether oxygens (including phenoxy) is 4. The number of benzene rings is 1. The minimum absolute atomic E-state index is 0.00596. The number of ketones is 1. The molecule has 1 aromatic carbocycles. The van der Waals surface area contributed by atoms with Crippen molar-refractivity contribution >= 4 is 29.4 Å². The SMILES string of the molecule is CC(=O)c1cc2c(cc1NC(=O)COC(=O)CCNC(=O)OC(C)(C)C)OCO2. The third-order valence-corrected chi connectivity index (χ3v) is 3.53. The van der Waals surface area contributed by atoms with Gasteiger partial charge in [0.2, 0.25) is 6.79 Å². The topological polar surface area (TPSA) is 129 Å². The number of fused-ring (bicyclic) bond motifs is 1. The molecule has 0 aromatic heterocycles. The number of hydrogen-bond donors (Lipinski definition) is 2. The highest BCUT2D eigenvalue weighted by atomic mass is 16.7. The molecule has 10 nitrogen and oxygen atoms in total. The van der Waals surface area contributed by atoms with Crippen LogP contribution in [0.15, 0.2) is 12.1 Å². The van der Waals surface area contributed by atoms with Crippen molar-refractivity contribution in [3.8, 4) is 11.5 Å². The largest absolute Gasteiger partial charge is 0.456 e. The Balaban J connectivity index is 1.79. The highest BCUT2D eigenvalue weighted by Gasteiger charge is 2.21. The number of amides is 2. The second kappa shape index (κ2) is 9.26. The second-order valence-electron chi connectivity index (χ2n) is 7.19. The number of carbonyl (C=O) groups excluding carboxylic acids is 4. The van der Waals surface area contributed by atoms with Gasteiger partial charge in [0.05, 0.1) is 12.1 Å². The predicted octanol–water partition coefficient (Wildman–Crippen LogP) is 2.01. The lowest BCUT2D eigenvalue weighted by Crippen LogP contribution is -2.34. The molecule has 0 bridgehead atoms. The predicted molar refractivity (Wildman–Crippen MR) is 101 cm³/mol. The Bertz CT molecular complexity index is 813. The first-order valence-electron chi connectivity index (χ1n) is 8.92. The van der Waals surface area contributed by atoms with E-state index >= 15 is 0 Å². The Labute approximate surface area is 167 Å². The molecule has 10 heteroatoms. The van der Waals surface area contributed by atoms with Crippen molar-refractivity contribution in [2.45, 2.75) is 39.7 Å². The summed E-state index contributed by atoms with van der Waals surface area (Å²) < 4.78 is 20.3. The van der Waals surface area contributed by atoms with Crippen LogP contribution in [0.4, 0.5) is 10.5 Å². The van der Waals surface area contributed by atoms with Crippen LogP contribution in [-0.4, -0.2) is 49.3 Å². The van der Waals surface area contributed by atoms with Crippen molar-refractivity contribution < 1.29 is 38.1 Å². The second-order valence-corrected chi connectivity index (χ2v) is 7.19. The average Bonchev–Trinajstić information content (AvgIpc) is 3.05. The first-order valence-corrected chi connectivity index (χ1v) is 8.92. The summed E-state index contributed by atoms with van der Waals surface area (Å²) in [5.74, 6) is -0.759. The van der Waals surface area contributed by atoms with E-state index in [9.17, 15) is 19.2 Å². The molecule has 0 fully saturated rings. The van der Waals surface area contributed by atoms with E-state index in [1.54, 1.807) is 20.8 Å². The lowest BCUT2D eigenvalue weighted by Gasteiger charge is -2.19. The zero-order valence-corrected chi connectivity index (χ0v) is 16.7. The van der Waals surface area contributed by atoms with Crippen molar-refractivity contribution in [3.63, 3.8) is 0 Å². The van der Waals surface area contributed by atoms with Crippen molar-refractivity contribution in [3.05, 3.63) is 17.7 Å². The number of Topliss-reactive ketones (excluding diaryl/α,β-unsaturated/α-hetero) is 1. The summed E-state index contributed by atoms with van der Waals surface area (Å²) in [6, 6.07) is 2.96. The molecule has 158 valence electrons. The Morgan fingerprint density at radius 3 is 2.38 bits per heavy atom. The maximum Gasteiger partial charge on any atom is 0.407 e. The highest BCUT2D eigenvalue weighted by molar-refractivity contribution is 6.05. The van der Waals surface area contributed by atoms with Crippen LogP contribution in [0.5, 0.6) is 11.5 Å². The third-order valence-electron chi connectivity index (χ3n) is 3.53. The fourth-order valence-corrected chi connectivity index (χ4v) is 2.32. The smallest absolute Gasteiger partial charge is 0.407 e. The van der Waals surface area contributed by atoms with Crippen LogP contribution >= 0.6 is 0 Å². The van der Waals surface area contributed by atoms with E-state index in [0.29, 0.717) is 11.5 Å². The van der Waals surface area contributed by atoms with Crippen LogP contribution in [0.25, 0.3) is 0 Å². The molecule has 0 unspecified atom stereocenters. The minimum atomic E-state index is -0.673. The summed E-state index contributed by atoms with van der Waals surface area (Å²) in [5, 5.41) is 4.93. The normalized spacial score (nSPS) is 12.1. The van der Waals surface area contributed by atoms with Crippen molar-refractivity contribution in [1.29, 1.82) is 0 Å². The van der Waals surface area contributed by atoms with Crippen molar-refractivity contribution in [1.82, 2.24) is 5.32 Å². The summed E-state index contributed by atoms with van der Waals surface area (Å²) in [6.45, 7) is 6.00. The van der Waals surface area contributed by atoms with E-state index in [1.165, 1.54) is 19.1 Å². The van der Waals surface area contributed by atoms with Gasteiger partial charge in [0.1, 0.15) is 5.60 Å². The molecule has 1 aliphatic rings. The van der Waals surface area contributed by atoms with Gasteiger partial charge in [-0.3, -0.25) is 14.4 Å². The van der Waals surface area contributed by atoms with Gasteiger partial charge in [-0.1, -0.05) is 0 Å². The van der Waals surface area contributed by atoms with Gasteiger partial charge >= 0.3 is 12.1 Å². The number of hydrogen-bond acceptors (Lipinski definition) is 8. The molecule has 2 rings (SSSR count). The summed E-state index contributed by atoms with van der Waals surface area (Å²) >= 11 is 0. The van der Waals surface area contributed by atoms with Gasteiger partial charge in [-0.25, -0.2) is 4.79 Å². The van der Waals surface area contributed by atoms with E-state index in [-0.39, 0.29) is 36.8 Å². The van der Waals surface area contributed by atoms with Crippen LogP contribution in [-0.2, 0) is 19.1 Å². The number of esters is 1.